The van der Waals surface area contributed by atoms with Crippen LogP contribution in [-0.4, -0.2) is 25.0 Å². The van der Waals surface area contributed by atoms with Crippen LogP contribution in [0.2, 0.25) is 0 Å². The van der Waals surface area contributed by atoms with E-state index < -0.39 is 17.8 Å². The average molecular weight is 554 g/mol. The minimum Gasteiger partial charge on any atom is -0.493 e. The zero-order chi connectivity index (χ0) is 23.4. The number of urea groups is 1. The average Bonchev–Trinajstić information content (AvgIpc) is 2.82. The molecule has 0 spiro atoms. The maximum absolute atomic E-state index is 13.0. The van der Waals surface area contributed by atoms with Crippen LogP contribution < -0.4 is 19.7 Å². The second kappa shape index (κ2) is 9.86. The van der Waals surface area contributed by atoms with Crippen molar-refractivity contribution < 1.29 is 23.9 Å². The number of nitrogens with zero attached hydrogens (tertiary/aromatic N) is 1. The van der Waals surface area contributed by atoms with Gasteiger partial charge in [0, 0.05) is 3.57 Å². The van der Waals surface area contributed by atoms with Gasteiger partial charge in [-0.05, 0) is 76.2 Å². The predicted molar refractivity (Wildman–Crippen MR) is 132 cm³/mol. The van der Waals surface area contributed by atoms with E-state index in [4.69, 9.17) is 9.47 Å². The number of barbiturate groups is 1. The first kappa shape index (κ1) is 22.5. The van der Waals surface area contributed by atoms with Crippen molar-refractivity contribution in [2.24, 2.45) is 0 Å². The van der Waals surface area contributed by atoms with E-state index in [0.717, 1.165) is 14.0 Å². The van der Waals surface area contributed by atoms with Gasteiger partial charge in [-0.3, -0.25) is 14.9 Å². The summed E-state index contributed by atoms with van der Waals surface area (Å²) in [5.74, 6) is -0.476. The van der Waals surface area contributed by atoms with Gasteiger partial charge in [0.2, 0.25) is 0 Å². The normalized spacial score (nSPS) is 14.9. The van der Waals surface area contributed by atoms with Gasteiger partial charge in [-0.15, -0.1) is 0 Å². The van der Waals surface area contributed by atoms with Crippen LogP contribution >= 0.6 is 22.6 Å². The lowest BCUT2D eigenvalue weighted by molar-refractivity contribution is -0.122. The molecule has 0 unspecified atom stereocenters. The third-order valence-electron chi connectivity index (χ3n) is 4.92. The second-order valence-corrected chi connectivity index (χ2v) is 8.36. The highest BCUT2D eigenvalue weighted by Gasteiger charge is 2.36. The van der Waals surface area contributed by atoms with Crippen LogP contribution in [0.15, 0.2) is 78.4 Å². The number of carbonyl (C=O) groups excluding carboxylic acids is 3. The molecule has 3 aromatic rings. The number of halogens is 1. The standard InChI is InChI=1S/C25H19IN2O5/c1-32-22-14-17(9-12-21(22)33-15-16-7-10-18(26)11-8-16)13-20-23(29)27-25(31)28(24(20)30)19-5-3-2-4-6-19/h2-14H,15H2,1H3,(H,27,29,31)/b20-13+. The Morgan fingerprint density at radius 1 is 0.939 bits per heavy atom. The van der Waals surface area contributed by atoms with Crippen molar-refractivity contribution in [2.45, 2.75) is 6.61 Å². The maximum atomic E-state index is 13.0. The zero-order valence-corrected chi connectivity index (χ0v) is 19.7. The summed E-state index contributed by atoms with van der Waals surface area (Å²) >= 11 is 2.24. The predicted octanol–water partition coefficient (Wildman–Crippen LogP) is 4.55. The van der Waals surface area contributed by atoms with Crippen LogP contribution in [0.1, 0.15) is 11.1 Å². The monoisotopic (exact) mass is 554 g/mol. The fourth-order valence-corrected chi connectivity index (χ4v) is 3.63. The first-order chi connectivity index (χ1) is 16.0. The molecule has 7 nitrogen and oxygen atoms in total. The molecule has 4 rings (SSSR count). The lowest BCUT2D eigenvalue weighted by atomic mass is 10.1. The Balaban J connectivity index is 1.58. The number of para-hydroxylation sites is 1. The molecule has 1 N–H and O–H groups in total. The number of rotatable bonds is 6. The number of benzene rings is 3. The number of imide groups is 2. The molecule has 4 amide bonds. The molecule has 166 valence electrons. The third-order valence-corrected chi connectivity index (χ3v) is 5.64. The topological polar surface area (TPSA) is 84.9 Å². The third kappa shape index (κ3) is 5.06. The number of hydrogen-bond donors (Lipinski definition) is 1. The molecule has 1 aliphatic heterocycles. The molecule has 1 fully saturated rings. The smallest absolute Gasteiger partial charge is 0.335 e. The highest BCUT2D eigenvalue weighted by molar-refractivity contribution is 14.1. The maximum Gasteiger partial charge on any atom is 0.335 e. The van der Waals surface area contributed by atoms with Crippen molar-refractivity contribution in [1.82, 2.24) is 5.32 Å². The van der Waals surface area contributed by atoms with Gasteiger partial charge < -0.3 is 9.47 Å². The molecule has 1 heterocycles. The Bertz CT molecular complexity index is 1240. The summed E-state index contributed by atoms with van der Waals surface area (Å²) in [6.07, 6.45) is 1.42. The Hall–Kier alpha value is -3.66. The molecule has 1 aliphatic rings. The number of ether oxygens (including phenoxy) is 2. The van der Waals surface area contributed by atoms with Crippen molar-refractivity contribution in [3.05, 3.63) is 93.1 Å². The molecule has 0 aromatic heterocycles. The van der Waals surface area contributed by atoms with Crippen LogP contribution in [0.3, 0.4) is 0 Å². The first-order valence-electron chi connectivity index (χ1n) is 9.98. The summed E-state index contributed by atoms with van der Waals surface area (Å²) < 4.78 is 12.5. The van der Waals surface area contributed by atoms with E-state index in [-0.39, 0.29) is 5.57 Å². The van der Waals surface area contributed by atoms with Crippen molar-refractivity contribution in [2.75, 3.05) is 12.0 Å². The van der Waals surface area contributed by atoms with Gasteiger partial charge in [-0.1, -0.05) is 36.4 Å². The first-order valence-corrected chi connectivity index (χ1v) is 11.1. The van der Waals surface area contributed by atoms with Crippen molar-refractivity contribution >= 4 is 52.2 Å². The molecule has 0 aliphatic carbocycles. The summed E-state index contributed by atoms with van der Waals surface area (Å²) in [4.78, 5) is 38.6. The van der Waals surface area contributed by atoms with Crippen LogP contribution in [0, 0.1) is 3.57 Å². The van der Waals surface area contributed by atoms with E-state index in [0.29, 0.717) is 29.4 Å². The van der Waals surface area contributed by atoms with E-state index in [1.165, 1.54) is 13.2 Å². The van der Waals surface area contributed by atoms with Crippen LogP contribution in [-0.2, 0) is 16.2 Å². The van der Waals surface area contributed by atoms with E-state index in [9.17, 15) is 14.4 Å². The molecular weight excluding hydrogens is 535 g/mol. The molecule has 0 bridgehead atoms. The van der Waals surface area contributed by atoms with Crippen molar-refractivity contribution in [3.8, 4) is 11.5 Å². The SMILES string of the molecule is COc1cc(/C=C2\C(=O)NC(=O)N(c3ccccc3)C2=O)ccc1OCc1ccc(I)cc1. The van der Waals surface area contributed by atoms with Gasteiger partial charge in [0.05, 0.1) is 12.8 Å². The Morgan fingerprint density at radius 3 is 2.36 bits per heavy atom. The quantitative estimate of drug-likeness (QED) is 0.275. The highest BCUT2D eigenvalue weighted by Crippen LogP contribution is 2.30. The highest BCUT2D eigenvalue weighted by atomic mass is 127. The van der Waals surface area contributed by atoms with Gasteiger partial charge in [0.25, 0.3) is 11.8 Å². The van der Waals surface area contributed by atoms with Crippen LogP contribution in [0.4, 0.5) is 10.5 Å². The van der Waals surface area contributed by atoms with Gasteiger partial charge in [-0.2, -0.15) is 0 Å². The van der Waals surface area contributed by atoms with Gasteiger partial charge in [0.1, 0.15) is 12.2 Å². The fraction of sp³-hybridized carbons (Fsp3) is 0.0800. The van der Waals surface area contributed by atoms with Crippen molar-refractivity contribution in [3.63, 3.8) is 0 Å². The number of nitrogens with one attached hydrogen (secondary N) is 1. The summed E-state index contributed by atoms with van der Waals surface area (Å²) in [5, 5.41) is 2.21. The summed E-state index contributed by atoms with van der Waals surface area (Å²) in [7, 11) is 1.51. The van der Waals surface area contributed by atoms with Crippen LogP contribution in [0.25, 0.3) is 6.08 Å². The Kier molecular flexibility index (Phi) is 6.74. The van der Waals surface area contributed by atoms with E-state index in [1.807, 2.05) is 24.3 Å². The lowest BCUT2D eigenvalue weighted by Gasteiger charge is -2.26. The Labute approximate surface area is 204 Å². The van der Waals surface area contributed by atoms with Gasteiger partial charge >= 0.3 is 6.03 Å². The molecule has 1 saturated heterocycles. The number of carbonyl (C=O) groups is 3. The van der Waals surface area contributed by atoms with Gasteiger partial charge in [0.15, 0.2) is 11.5 Å². The zero-order valence-electron chi connectivity index (χ0n) is 17.6. The minimum absolute atomic E-state index is 0.159. The van der Waals surface area contributed by atoms with Crippen molar-refractivity contribution in [1.29, 1.82) is 0 Å². The van der Waals surface area contributed by atoms with Gasteiger partial charge in [-0.25, -0.2) is 9.69 Å². The molecule has 3 aromatic carbocycles. The largest absolute Gasteiger partial charge is 0.493 e. The Morgan fingerprint density at radius 2 is 1.67 bits per heavy atom. The summed E-state index contributed by atoms with van der Waals surface area (Å²) in [5.41, 5.74) is 1.77. The molecule has 0 saturated carbocycles. The van der Waals surface area contributed by atoms with Crippen LogP contribution in [0.5, 0.6) is 11.5 Å². The molecule has 0 radical (unpaired) electrons. The minimum atomic E-state index is -0.787. The molecule has 0 atom stereocenters. The lowest BCUT2D eigenvalue weighted by Crippen LogP contribution is -2.54. The fourth-order valence-electron chi connectivity index (χ4n) is 3.27. The number of hydrogen-bond acceptors (Lipinski definition) is 5. The number of amides is 4. The summed E-state index contributed by atoms with van der Waals surface area (Å²) in [6.45, 7) is 0.364. The number of anilines is 1. The molecule has 33 heavy (non-hydrogen) atoms. The van der Waals surface area contributed by atoms with E-state index in [2.05, 4.69) is 27.9 Å². The summed E-state index contributed by atoms with van der Waals surface area (Å²) in [6, 6.07) is 20.7. The van der Waals surface area contributed by atoms with E-state index >= 15 is 0 Å². The molecule has 8 heteroatoms. The molecular formula is C25H19IN2O5. The van der Waals surface area contributed by atoms with E-state index in [1.54, 1.807) is 48.5 Å². The number of methoxy groups -OCH3 is 1. The second-order valence-electron chi connectivity index (χ2n) is 7.12.